The van der Waals surface area contributed by atoms with Crippen molar-refractivity contribution in [3.05, 3.63) is 11.6 Å². The molecule has 2 nitrogen and oxygen atoms in total. The molecule has 1 N–H and O–H groups in total. The fourth-order valence-corrected chi connectivity index (χ4v) is 1.24. The van der Waals surface area contributed by atoms with E-state index in [0.717, 1.165) is 19.6 Å². The molecule has 0 aromatic rings. The van der Waals surface area contributed by atoms with Crippen molar-refractivity contribution in [2.24, 2.45) is 0 Å². The van der Waals surface area contributed by atoms with Gasteiger partial charge in [-0.2, -0.15) is 0 Å². The lowest BCUT2D eigenvalue weighted by molar-refractivity contribution is -0.00894. The molecule has 15 heavy (non-hydrogen) atoms. The van der Waals surface area contributed by atoms with Gasteiger partial charge in [0.05, 0.1) is 12.2 Å². The largest absolute Gasteiger partial charge is 0.374 e. The Kier molecular flexibility index (Phi) is 6.86. The van der Waals surface area contributed by atoms with E-state index >= 15 is 0 Å². The van der Waals surface area contributed by atoms with Crippen LogP contribution in [0.15, 0.2) is 11.6 Å². The molecule has 2 heteroatoms. The van der Waals surface area contributed by atoms with E-state index in [0.29, 0.717) is 6.04 Å². The van der Waals surface area contributed by atoms with Crippen molar-refractivity contribution < 1.29 is 4.74 Å². The van der Waals surface area contributed by atoms with Gasteiger partial charge in [-0.1, -0.05) is 18.6 Å². The van der Waals surface area contributed by atoms with Crippen LogP contribution < -0.4 is 5.32 Å². The lowest BCUT2D eigenvalue weighted by Gasteiger charge is -2.24. The maximum atomic E-state index is 5.78. The van der Waals surface area contributed by atoms with Gasteiger partial charge in [-0.15, -0.1) is 0 Å². The van der Waals surface area contributed by atoms with Crippen molar-refractivity contribution in [1.82, 2.24) is 5.32 Å². The molecular weight excluding hydrogens is 186 g/mol. The van der Waals surface area contributed by atoms with Crippen molar-refractivity contribution in [2.45, 2.75) is 59.6 Å². The highest BCUT2D eigenvalue weighted by Gasteiger charge is 2.13. The molecule has 0 spiro atoms. The number of allylic oxidation sites excluding steroid dienone is 1. The molecule has 90 valence electrons. The van der Waals surface area contributed by atoms with Gasteiger partial charge in [-0.05, 0) is 47.6 Å². The minimum atomic E-state index is -0.0539. The molecule has 1 unspecified atom stereocenters. The van der Waals surface area contributed by atoms with Gasteiger partial charge in [0, 0.05) is 6.04 Å². The Hall–Kier alpha value is -0.340. The van der Waals surface area contributed by atoms with Gasteiger partial charge in [0.15, 0.2) is 0 Å². The normalized spacial score (nSPS) is 13.7. The summed E-state index contributed by atoms with van der Waals surface area (Å²) in [6.07, 6.45) is 3.39. The highest BCUT2D eigenvalue weighted by molar-refractivity contribution is 5.01. The minimum Gasteiger partial charge on any atom is -0.374 e. The molecule has 0 bridgehead atoms. The SMILES string of the molecule is CCCNC(C=C(C)C)COC(C)(C)C. The highest BCUT2D eigenvalue weighted by Crippen LogP contribution is 2.08. The van der Waals surface area contributed by atoms with Crippen LogP contribution in [-0.2, 0) is 4.74 Å². The summed E-state index contributed by atoms with van der Waals surface area (Å²) in [5, 5.41) is 3.47. The third-order valence-electron chi connectivity index (χ3n) is 1.89. The summed E-state index contributed by atoms with van der Waals surface area (Å²) in [5.41, 5.74) is 1.28. The molecule has 0 aromatic carbocycles. The average molecular weight is 213 g/mol. The molecule has 0 aromatic heterocycles. The minimum absolute atomic E-state index is 0.0539. The fourth-order valence-electron chi connectivity index (χ4n) is 1.24. The average Bonchev–Trinajstić information content (AvgIpc) is 2.07. The molecule has 0 aliphatic heterocycles. The first-order valence-electron chi connectivity index (χ1n) is 5.87. The third-order valence-corrected chi connectivity index (χ3v) is 1.89. The number of ether oxygens (including phenoxy) is 1. The van der Waals surface area contributed by atoms with Crippen LogP contribution >= 0.6 is 0 Å². The second-order valence-electron chi connectivity index (χ2n) is 5.23. The van der Waals surface area contributed by atoms with Crippen molar-refractivity contribution >= 4 is 0 Å². The second-order valence-corrected chi connectivity index (χ2v) is 5.23. The number of rotatable bonds is 6. The molecule has 0 saturated carbocycles. The van der Waals surface area contributed by atoms with Gasteiger partial charge in [0.25, 0.3) is 0 Å². The summed E-state index contributed by atoms with van der Waals surface area (Å²) in [6.45, 7) is 14.5. The molecule has 0 fully saturated rings. The van der Waals surface area contributed by atoms with E-state index in [1.165, 1.54) is 5.57 Å². The monoisotopic (exact) mass is 213 g/mol. The van der Waals surface area contributed by atoms with Crippen molar-refractivity contribution in [3.8, 4) is 0 Å². The summed E-state index contributed by atoms with van der Waals surface area (Å²) in [6, 6.07) is 0.342. The first kappa shape index (κ1) is 14.7. The van der Waals surface area contributed by atoms with Crippen molar-refractivity contribution in [2.75, 3.05) is 13.2 Å². The summed E-state index contributed by atoms with van der Waals surface area (Å²) < 4.78 is 5.78. The molecule has 1 atom stereocenters. The van der Waals surface area contributed by atoms with Crippen LogP contribution in [0.4, 0.5) is 0 Å². The van der Waals surface area contributed by atoms with Gasteiger partial charge < -0.3 is 10.1 Å². The molecule has 0 amide bonds. The van der Waals surface area contributed by atoms with Crippen molar-refractivity contribution in [1.29, 1.82) is 0 Å². The first-order chi connectivity index (χ1) is 6.85. The Balaban J connectivity index is 4.07. The van der Waals surface area contributed by atoms with Gasteiger partial charge in [-0.25, -0.2) is 0 Å². The fraction of sp³-hybridized carbons (Fsp3) is 0.846. The van der Waals surface area contributed by atoms with Gasteiger partial charge in [0.2, 0.25) is 0 Å². The van der Waals surface area contributed by atoms with Gasteiger partial charge in [0.1, 0.15) is 0 Å². The van der Waals surface area contributed by atoms with Gasteiger partial charge >= 0.3 is 0 Å². The smallest absolute Gasteiger partial charge is 0.0662 e. The van der Waals surface area contributed by atoms with Crippen LogP contribution in [0.2, 0.25) is 0 Å². The van der Waals surface area contributed by atoms with Crippen LogP contribution in [0.1, 0.15) is 48.0 Å². The summed E-state index contributed by atoms with van der Waals surface area (Å²) in [4.78, 5) is 0. The van der Waals surface area contributed by atoms with Crippen molar-refractivity contribution in [3.63, 3.8) is 0 Å². The molecule has 0 radical (unpaired) electrons. The van der Waals surface area contributed by atoms with Crippen LogP contribution in [0.5, 0.6) is 0 Å². The summed E-state index contributed by atoms with van der Waals surface area (Å²) in [5.74, 6) is 0. The zero-order valence-corrected chi connectivity index (χ0v) is 11.2. The number of nitrogens with one attached hydrogen (secondary N) is 1. The van der Waals surface area contributed by atoms with Crippen LogP contribution in [-0.4, -0.2) is 24.8 Å². The van der Waals surface area contributed by atoms with Crippen LogP contribution in [0.3, 0.4) is 0 Å². The quantitative estimate of drug-likeness (QED) is 0.684. The molecule has 0 aliphatic carbocycles. The first-order valence-corrected chi connectivity index (χ1v) is 5.87. The molecule has 0 heterocycles. The van der Waals surface area contributed by atoms with E-state index in [2.05, 4.69) is 52.9 Å². The summed E-state index contributed by atoms with van der Waals surface area (Å²) in [7, 11) is 0. The predicted molar refractivity (Wildman–Crippen MR) is 67.2 cm³/mol. The maximum absolute atomic E-state index is 5.78. The highest BCUT2D eigenvalue weighted by atomic mass is 16.5. The maximum Gasteiger partial charge on any atom is 0.0662 e. The molecular formula is C13H27NO. The standard InChI is InChI=1S/C13H27NO/c1-7-8-14-12(9-11(2)3)10-15-13(4,5)6/h9,12,14H,7-8,10H2,1-6H3. The molecule has 0 saturated heterocycles. The van der Waals surface area contributed by atoms with Crippen LogP contribution in [0, 0.1) is 0 Å². The Bertz CT molecular complexity index is 187. The lowest BCUT2D eigenvalue weighted by Crippen LogP contribution is -2.35. The Morgan fingerprint density at radius 2 is 1.93 bits per heavy atom. The topological polar surface area (TPSA) is 21.3 Å². The Morgan fingerprint density at radius 3 is 2.33 bits per heavy atom. The van der Waals surface area contributed by atoms with Gasteiger partial charge in [-0.3, -0.25) is 0 Å². The molecule has 0 aliphatic rings. The van der Waals surface area contributed by atoms with E-state index in [1.807, 2.05) is 0 Å². The number of hydrogen-bond acceptors (Lipinski definition) is 2. The Morgan fingerprint density at radius 1 is 1.33 bits per heavy atom. The van der Waals surface area contributed by atoms with E-state index in [1.54, 1.807) is 0 Å². The Labute approximate surface area is 95.1 Å². The zero-order chi connectivity index (χ0) is 11.9. The number of hydrogen-bond donors (Lipinski definition) is 1. The molecule has 0 rings (SSSR count). The van der Waals surface area contributed by atoms with E-state index in [-0.39, 0.29) is 5.60 Å². The second kappa shape index (κ2) is 7.02. The third kappa shape index (κ3) is 9.95. The predicted octanol–water partition coefficient (Wildman–Crippen LogP) is 3.14. The van der Waals surface area contributed by atoms with E-state index in [9.17, 15) is 0 Å². The lowest BCUT2D eigenvalue weighted by atomic mass is 10.1. The summed E-state index contributed by atoms with van der Waals surface area (Å²) >= 11 is 0. The zero-order valence-electron chi connectivity index (χ0n) is 11.2. The van der Waals surface area contributed by atoms with E-state index in [4.69, 9.17) is 4.74 Å². The van der Waals surface area contributed by atoms with E-state index < -0.39 is 0 Å². The van der Waals surface area contributed by atoms with Crippen LogP contribution in [0.25, 0.3) is 0 Å².